The van der Waals surface area contributed by atoms with Crippen LogP contribution in [-0.4, -0.2) is 16.9 Å². The summed E-state index contributed by atoms with van der Waals surface area (Å²) < 4.78 is 5.12. The number of rotatable bonds is 1. The Morgan fingerprint density at radius 2 is 2.07 bits per heavy atom. The normalized spacial score (nSPS) is 36.5. The van der Waals surface area contributed by atoms with Gasteiger partial charge in [0, 0.05) is 18.3 Å². The van der Waals surface area contributed by atoms with Gasteiger partial charge in [0.25, 0.3) is 0 Å². The molecule has 0 radical (unpaired) electrons. The summed E-state index contributed by atoms with van der Waals surface area (Å²) in [4.78, 5) is 11.0. The second kappa shape index (κ2) is 3.54. The van der Waals surface area contributed by atoms with Crippen LogP contribution in [0.4, 0.5) is 0 Å². The fraction of sp³-hybridized carbons (Fsp3) is 0.909. The van der Waals surface area contributed by atoms with Crippen molar-refractivity contribution in [3.63, 3.8) is 0 Å². The lowest BCUT2D eigenvalue weighted by Gasteiger charge is -2.48. The van der Waals surface area contributed by atoms with Crippen molar-refractivity contribution in [2.75, 3.05) is 0 Å². The summed E-state index contributed by atoms with van der Waals surface area (Å²) in [6.45, 7) is 7.18. The fourth-order valence-electron chi connectivity index (χ4n) is 2.35. The second-order valence-corrected chi connectivity index (χ2v) is 4.97. The van der Waals surface area contributed by atoms with Crippen molar-refractivity contribution in [3.05, 3.63) is 0 Å². The number of esters is 1. The summed E-state index contributed by atoms with van der Waals surface area (Å²) in [6.07, 6.45) is 2.88. The molecular formula is C11H20O3. The molecule has 1 aliphatic carbocycles. The van der Waals surface area contributed by atoms with E-state index in [1.807, 2.05) is 20.8 Å². The first kappa shape index (κ1) is 11.5. The van der Waals surface area contributed by atoms with E-state index >= 15 is 0 Å². The van der Waals surface area contributed by atoms with E-state index in [0.717, 1.165) is 19.3 Å². The maximum absolute atomic E-state index is 11.0. The molecule has 0 amide bonds. The number of ether oxygens (including phenoxy) is 1. The van der Waals surface area contributed by atoms with E-state index in [2.05, 4.69) is 0 Å². The SMILES string of the molecule is CC(=O)OC1(O)C(C)CCCC1(C)C. The molecule has 0 bridgehead atoms. The van der Waals surface area contributed by atoms with Gasteiger partial charge in [0.15, 0.2) is 0 Å². The van der Waals surface area contributed by atoms with E-state index in [1.165, 1.54) is 6.92 Å². The Labute approximate surface area is 85.5 Å². The predicted molar refractivity (Wildman–Crippen MR) is 53.5 cm³/mol. The first-order valence-corrected chi connectivity index (χ1v) is 5.21. The largest absolute Gasteiger partial charge is 0.433 e. The zero-order chi connectivity index (χ0) is 11.0. The molecule has 0 aromatic heterocycles. The summed E-state index contributed by atoms with van der Waals surface area (Å²) in [5.74, 6) is -1.69. The van der Waals surface area contributed by atoms with Gasteiger partial charge in [-0.05, 0) is 12.8 Å². The smallest absolute Gasteiger partial charge is 0.305 e. The van der Waals surface area contributed by atoms with Crippen LogP contribution in [0.1, 0.15) is 47.0 Å². The average Bonchev–Trinajstić information content (AvgIpc) is 1.99. The Balaban J connectivity index is 2.92. The molecule has 0 aromatic rings. The van der Waals surface area contributed by atoms with Crippen molar-refractivity contribution in [1.29, 1.82) is 0 Å². The van der Waals surface area contributed by atoms with Gasteiger partial charge in [-0.2, -0.15) is 0 Å². The maximum Gasteiger partial charge on any atom is 0.305 e. The van der Waals surface area contributed by atoms with Crippen LogP contribution in [0.15, 0.2) is 0 Å². The summed E-state index contributed by atoms with van der Waals surface area (Å²) in [6, 6.07) is 0. The lowest BCUT2D eigenvalue weighted by Crippen LogP contribution is -2.55. The van der Waals surface area contributed by atoms with Gasteiger partial charge in [-0.15, -0.1) is 0 Å². The molecule has 3 nitrogen and oxygen atoms in total. The highest BCUT2D eigenvalue weighted by Gasteiger charge is 2.52. The molecule has 0 saturated heterocycles. The number of carbonyl (C=O) groups is 1. The Hall–Kier alpha value is -0.570. The maximum atomic E-state index is 11.0. The number of carbonyl (C=O) groups excluding carboxylic acids is 1. The third kappa shape index (κ3) is 1.78. The van der Waals surface area contributed by atoms with E-state index in [1.54, 1.807) is 0 Å². The summed E-state index contributed by atoms with van der Waals surface area (Å²) >= 11 is 0. The van der Waals surface area contributed by atoms with Crippen molar-refractivity contribution in [2.45, 2.75) is 52.7 Å². The monoisotopic (exact) mass is 200 g/mol. The molecule has 3 heteroatoms. The van der Waals surface area contributed by atoms with E-state index in [-0.39, 0.29) is 11.3 Å². The Bertz CT molecular complexity index is 235. The predicted octanol–water partition coefficient (Wildman–Crippen LogP) is 2.08. The van der Waals surface area contributed by atoms with Crippen molar-refractivity contribution in [2.24, 2.45) is 11.3 Å². The average molecular weight is 200 g/mol. The summed E-state index contributed by atoms with van der Waals surface area (Å²) in [5.41, 5.74) is -0.351. The number of hydrogen-bond acceptors (Lipinski definition) is 3. The third-order valence-electron chi connectivity index (χ3n) is 3.38. The van der Waals surface area contributed by atoms with E-state index in [0.29, 0.717) is 0 Å². The molecule has 0 aromatic carbocycles. The quantitative estimate of drug-likeness (QED) is 0.520. The Morgan fingerprint density at radius 1 is 1.50 bits per heavy atom. The van der Waals surface area contributed by atoms with Crippen LogP contribution in [0.2, 0.25) is 0 Å². The van der Waals surface area contributed by atoms with Gasteiger partial charge in [0.1, 0.15) is 0 Å². The lowest BCUT2D eigenvalue weighted by atomic mass is 9.67. The molecule has 0 aliphatic heterocycles. The highest BCUT2D eigenvalue weighted by atomic mass is 16.7. The Morgan fingerprint density at radius 3 is 2.50 bits per heavy atom. The van der Waals surface area contributed by atoms with Crippen molar-refractivity contribution >= 4 is 5.97 Å². The van der Waals surface area contributed by atoms with Crippen LogP contribution < -0.4 is 0 Å². The molecule has 2 atom stereocenters. The van der Waals surface area contributed by atoms with Gasteiger partial charge >= 0.3 is 5.97 Å². The first-order chi connectivity index (χ1) is 6.29. The van der Waals surface area contributed by atoms with E-state index in [9.17, 15) is 9.90 Å². The van der Waals surface area contributed by atoms with Crippen molar-refractivity contribution < 1.29 is 14.6 Å². The summed E-state index contributed by atoms with van der Waals surface area (Å²) in [7, 11) is 0. The van der Waals surface area contributed by atoms with Gasteiger partial charge in [-0.25, -0.2) is 0 Å². The molecule has 1 N–H and O–H groups in total. The summed E-state index contributed by atoms with van der Waals surface area (Å²) in [5, 5.41) is 10.4. The minimum Gasteiger partial charge on any atom is -0.433 e. The molecule has 2 unspecified atom stereocenters. The van der Waals surface area contributed by atoms with E-state index < -0.39 is 11.8 Å². The van der Waals surface area contributed by atoms with Gasteiger partial charge < -0.3 is 9.84 Å². The van der Waals surface area contributed by atoms with Gasteiger partial charge in [0.2, 0.25) is 5.79 Å². The van der Waals surface area contributed by atoms with Crippen LogP contribution >= 0.6 is 0 Å². The minimum atomic E-state index is -1.29. The standard InChI is InChI=1S/C11H20O3/c1-8-6-5-7-10(3,4)11(8,13)14-9(2)12/h8,13H,5-7H2,1-4H3. The molecule has 1 rings (SSSR count). The Kier molecular flexibility index (Phi) is 2.91. The zero-order valence-corrected chi connectivity index (χ0v) is 9.46. The van der Waals surface area contributed by atoms with Crippen LogP contribution in [0.3, 0.4) is 0 Å². The molecular weight excluding hydrogens is 180 g/mol. The molecule has 1 fully saturated rings. The van der Waals surface area contributed by atoms with Crippen LogP contribution in [0, 0.1) is 11.3 Å². The highest BCUT2D eigenvalue weighted by Crippen LogP contribution is 2.47. The number of aliphatic hydroxyl groups is 1. The van der Waals surface area contributed by atoms with Gasteiger partial charge in [-0.3, -0.25) is 4.79 Å². The molecule has 1 aliphatic rings. The first-order valence-electron chi connectivity index (χ1n) is 5.21. The van der Waals surface area contributed by atoms with Gasteiger partial charge in [0.05, 0.1) is 0 Å². The molecule has 82 valence electrons. The fourth-order valence-corrected chi connectivity index (χ4v) is 2.35. The molecule has 0 spiro atoms. The minimum absolute atomic E-state index is 0.00940. The molecule has 14 heavy (non-hydrogen) atoms. The van der Waals surface area contributed by atoms with Gasteiger partial charge in [-0.1, -0.05) is 27.2 Å². The lowest BCUT2D eigenvalue weighted by molar-refractivity contribution is -0.289. The zero-order valence-electron chi connectivity index (χ0n) is 9.46. The molecule has 1 saturated carbocycles. The second-order valence-electron chi connectivity index (χ2n) is 4.97. The van der Waals surface area contributed by atoms with Crippen LogP contribution in [0.25, 0.3) is 0 Å². The topological polar surface area (TPSA) is 46.5 Å². The van der Waals surface area contributed by atoms with Crippen LogP contribution in [0.5, 0.6) is 0 Å². The van der Waals surface area contributed by atoms with E-state index in [4.69, 9.17) is 4.74 Å². The highest BCUT2D eigenvalue weighted by molar-refractivity contribution is 5.66. The van der Waals surface area contributed by atoms with Crippen LogP contribution in [-0.2, 0) is 9.53 Å². The van der Waals surface area contributed by atoms with Crippen molar-refractivity contribution in [3.8, 4) is 0 Å². The number of hydrogen-bond donors (Lipinski definition) is 1. The van der Waals surface area contributed by atoms with Crippen molar-refractivity contribution in [1.82, 2.24) is 0 Å². The third-order valence-corrected chi connectivity index (χ3v) is 3.38. The molecule has 0 heterocycles.